The molecule has 0 spiro atoms. The molecule has 2 rings (SSSR count). The SMILES string of the molecule is CCc1cn[nH]c1NC(=O)CCOC1CCNCC1. The number of aromatic nitrogens is 2. The molecule has 1 aliphatic heterocycles. The quantitative estimate of drug-likeness (QED) is 0.719. The summed E-state index contributed by atoms with van der Waals surface area (Å²) in [5.74, 6) is 0.669. The number of nitrogens with one attached hydrogen (secondary N) is 3. The van der Waals surface area contributed by atoms with E-state index in [1.54, 1.807) is 6.20 Å². The largest absolute Gasteiger partial charge is 0.378 e. The van der Waals surface area contributed by atoms with Gasteiger partial charge in [0.1, 0.15) is 5.82 Å². The second-order valence-electron chi connectivity index (χ2n) is 4.74. The van der Waals surface area contributed by atoms with Crippen molar-refractivity contribution in [2.45, 2.75) is 38.7 Å². The van der Waals surface area contributed by atoms with Gasteiger partial charge in [-0.1, -0.05) is 6.92 Å². The molecule has 6 heteroatoms. The minimum absolute atomic E-state index is 0.0344. The van der Waals surface area contributed by atoms with Gasteiger partial charge in [0.05, 0.1) is 25.3 Å². The van der Waals surface area contributed by atoms with Gasteiger partial charge in [-0.15, -0.1) is 0 Å². The lowest BCUT2D eigenvalue weighted by molar-refractivity contribution is -0.117. The number of anilines is 1. The zero-order chi connectivity index (χ0) is 13.5. The summed E-state index contributed by atoms with van der Waals surface area (Å²) < 4.78 is 5.70. The molecular weight excluding hydrogens is 244 g/mol. The number of H-pyrrole nitrogens is 1. The molecule has 0 radical (unpaired) electrons. The summed E-state index contributed by atoms with van der Waals surface area (Å²) in [6, 6.07) is 0. The van der Waals surface area contributed by atoms with E-state index < -0.39 is 0 Å². The van der Waals surface area contributed by atoms with Crippen LogP contribution >= 0.6 is 0 Å². The van der Waals surface area contributed by atoms with Crippen molar-refractivity contribution in [3.8, 4) is 0 Å². The van der Waals surface area contributed by atoms with Crippen molar-refractivity contribution in [3.63, 3.8) is 0 Å². The summed E-state index contributed by atoms with van der Waals surface area (Å²) in [7, 11) is 0. The Labute approximate surface area is 113 Å². The number of rotatable bonds is 6. The van der Waals surface area contributed by atoms with Crippen LogP contribution in [0.25, 0.3) is 0 Å². The fraction of sp³-hybridized carbons (Fsp3) is 0.692. The molecule has 1 saturated heterocycles. The molecule has 1 amide bonds. The number of hydrogen-bond acceptors (Lipinski definition) is 4. The Balaban J connectivity index is 1.67. The molecule has 0 bridgehead atoms. The molecule has 2 heterocycles. The van der Waals surface area contributed by atoms with Crippen molar-refractivity contribution in [1.82, 2.24) is 15.5 Å². The van der Waals surface area contributed by atoms with E-state index in [2.05, 4.69) is 20.8 Å². The van der Waals surface area contributed by atoms with Crippen LogP contribution in [0, 0.1) is 0 Å². The average molecular weight is 266 g/mol. The number of hydrogen-bond donors (Lipinski definition) is 3. The Morgan fingerprint density at radius 2 is 2.32 bits per heavy atom. The van der Waals surface area contributed by atoms with Gasteiger partial charge in [-0.25, -0.2) is 0 Å². The van der Waals surface area contributed by atoms with Crippen molar-refractivity contribution in [2.24, 2.45) is 0 Å². The molecule has 1 aromatic rings. The molecule has 106 valence electrons. The van der Waals surface area contributed by atoms with Crippen LogP contribution in [0.2, 0.25) is 0 Å². The third-order valence-electron chi connectivity index (χ3n) is 3.33. The zero-order valence-electron chi connectivity index (χ0n) is 11.4. The van der Waals surface area contributed by atoms with E-state index in [0.29, 0.717) is 24.9 Å². The Morgan fingerprint density at radius 1 is 1.53 bits per heavy atom. The van der Waals surface area contributed by atoms with E-state index >= 15 is 0 Å². The highest BCUT2D eigenvalue weighted by Crippen LogP contribution is 2.12. The summed E-state index contributed by atoms with van der Waals surface area (Å²) in [6.45, 7) is 4.52. The topological polar surface area (TPSA) is 79.0 Å². The second kappa shape index (κ2) is 7.25. The van der Waals surface area contributed by atoms with Crippen LogP contribution in [0.5, 0.6) is 0 Å². The van der Waals surface area contributed by atoms with Crippen molar-refractivity contribution in [2.75, 3.05) is 25.0 Å². The van der Waals surface area contributed by atoms with Crippen LogP contribution in [0.4, 0.5) is 5.82 Å². The number of aromatic amines is 1. The minimum Gasteiger partial charge on any atom is -0.378 e. The number of piperidine rings is 1. The Hall–Kier alpha value is -1.40. The molecule has 19 heavy (non-hydrogen) atoms. The predicted molar refractivity (Wildman–Crippen MR) is 73.1 cm³/mol. The van der Waals surface area contributed by atoms with E-state index in [1.807, 2.05) is 6.92 Å². The normalized spacial score (nSPS) is 16.5. The number of carbonyl (C=O) groups is 1. The number of carbonyl (C=O) groups excluding carboxylic acids is 1. The van der Waals surface area contributed by atoms with Crippen LogP contribution in [0.3, 0.4) is 0 Å². The maximum Gasteiger partial charge on any atom is 0.227 e. The van der Waals surface area contributed by atoms with Gasteiger partial charge in [0.25, 0.3) is 0 Å². The lowest BCUT2D eigenvalue weighted by Gasteiger charge is -2.22. The molecule has 1 aromatic heterocycles. The van der Waals surface area contributed by atoms with Crippen molar-refractivity contribution < 1.29 is 9.53 Å². The van der Waals surface area contributed by atoms with E-state index in [0.717, 1.165) is 37.9 Å². The summed E-state index contributed by atoms with van der Waals surface area (Å²) in [6.07, 6.45) is 5.32. The second-order valence-corrected chi connectivity index (χ2v) is 4.74. The van der Waals surface area contributed by atoms with Crippen LogP contribution in [0.1, 0.15) is 31.7 Å². The van der Waals surface area contributed by atoms with Crippen LogP contribution in [0.15, 0.2) is 6.20 Å². The lowest BCUT2D eigenvalue weighted by Crippen LogP contribution is -2.33. The first-order valence-electron chi connectivity index (χ1n) is 6.94. The molecular formula is C13H22N4O2. The number of amides is 1. The van der Waals surface area contributed by atoms with Gasteiger partial charge in [0.15, 0.2) is 0 Å². The Bertz CT molecular complexity index is 399. The summed E-state index contributed by atoms with van der Waals surface area (Å²) in [5.41, 5.74) is 1.02. The fourth-order valence-electron chi connectivity index (χ4n) is 2.17. The van der Waals surface area contributed by atoms with Crippen molar-refractivity contribution in [1.29, 1.82) is 0 Å². The molecule has 0 atom stereocenters. The smallest absolute Gasteiger partial charge is 0.227 e. The highest BCUT2D eigenvalue weighted by molar-refractivity contribution is 5.90. The number of ether oxygens (including phenoxy) is 1. The minimum atomic E-state index is -0.0344. The first-order valence-corrected chi connectivity index (χ1v) is 6.94. The zero-order valence-corrected chi connectivity index (χ0v) is 11.4. The van der Waals surface area contributed by atoms with Crippen LogP contribution in [-0.4, -0.2) is 41.9 Å². The fourth-order valence-corrected chi connectivity index (χ4v) is 2.17. The molecule has 3 N–H and O–H groups in total. The van der Waals surface area contributed by atoms with Gasteiger partial charge < -0.3 is 15.4 Å². The molecule has 0 aliphatic carbocycles. The highest BCUT2D eigenvalue weighted by atomic mass is 16.5. The summed E-state index contributed by atoms with van der Waals surface area (Å²) >= 11 is 0. The monoisotopic (exact) mass is 266 g/mol. The van der Waals surface area contributed by atoms with Gasteiger partial charge in [0.2, 0.25) is 5.91 Å². The van der Waals surface area contributed by atoms with Crippen molar-refractivity contribution >= 4 is 11.7 Å². The maximum atomic E-state index is 11.8. The van der Waals surface area contributed by atoms with Crippen molar-refractivity contribution in [3.05, 3.63) is 11.8 Å². The highest BCUT2D eigenvalue weighted by Gasteiger charge is 2.14. The van der Waals surface area contributed by atoms with E-state index in [-0.39, 0.29) is 5.91 Å². The molecule has 6 nitrogen and oxygen atoms in total. The van der Waals surface area contributed by atoms with Gasteiger partial charge in [-0.05, 0) is 32.4 Å². The number of nitrogens with zero attached hydrogens (tertiary/aromatic N) is 1. The summed E-state index contributed by atoms with van der Waals surface area (Å²) in [5, 5.41) is 12.8. The van der Waals surface area contributed by atoms with Gasteiger partial charge in [-0.3, -0.25) is 9.89 Å². The average Bonchev–Trinajstić information content (AvgIpc) is 2.87. The van der Waals surface area contributed by atoms with Gasteiger partial charge in [0, 0.05) is 5.56 Å². The molecule has 0 saturated carbocycles. The van der Waals surface area contributed by atoms with Gasteiger partial charge >= 0.3 is 0 Å². The first-order chi connectivity index (χ1) is 9.29. The van der Waals surface area contributed by atoms with E-state index in [4.69, 9.17) is 4.74 Å². The number of aryl methyl sites for hydroxylation is 1. The maximum absolute atomic E-state index is 11.8. The van der Waals surface area contributed by atoms with E-state index in [9.17, 15) is 4.79 Å². The third-order valence-corrected chi connectivity index (χ3v) is 3.33. The summed E-state index contributed by atoms with van der Waals surface area (Å²) in [4.78, 5) is 11.8. The predicted octanol–water partition coefficient (Wildman–Crippen LogP) is 1.07. The standard InChI is InChI=1S/C13H22N4O2/c1-2-10-9-15-17-13(10)16-12(18)5-8-19-11-3-6-14-7-4-11/h9,11,14H,2-8H2,1H3,(H2,15,16,17,18). The Morgan fingerprint density at radius 3 is 3.05 bits per heavy atom. The first kappa shape index (κ1) is 14.0. The van der Waals surface area contributed by atoms with E-state index in [1.165, 1.54) is 0 Å². The lowest BCUT2D eigenvalue weighted by atomic mass is 10.1. The third kappa shape index (κ3) is 4.33. The van der Waals surface area contributed by atoms with Crippen LogP contribution in [-0.2, 0) is 16.0 Å². The Kier molecular flexibility index (Phi) is 5.35. The molecule has 1 fully saturated rings. The molecule has 0 unspecified atom stereocenters. The molecule has 0 aromatic carbocycles. The van der Waals surface area contributed by atoms with Gasteiger partial charge in [-0.2, -0.15) is 5.10 Å². The molecule has 1 aliphatic rings. The van der Waals surface area contributed by atoms with Crippen LogP contribution < -0.4 is 10.6 Å².